The van der Waals surface area contributed by atoms with Gasteiger partial charge < -0.3 is 9.47 Å². The van der Waals surface area contributed by atoms with Crippen LogP contribution in [0.25, 0.3) is 0 Å². The standard InChI is InChI=1S/C18H18BrN3O4S/c1-25-9-10-26-15-8-7-13(19)11-14(15)17(24)20-18(27)22-21-16(23)12-5-3-2-4-6-12/h2-8,11H,9-10H2,1H3,(H,21,23)(H2,20,22,24,27). The van der Waals surface area contributed by atoms with Gasteiger partial charge in [-0.15, -0.1) is 0 Å². The van der Waals surface area contributed by atoms with Gasteiger partial charge in [0.1, 0.15) is 12.4 Å². The first-order chi connectivity index (χ1) is 13.0. The van der Waals surface area contributed by atoms with Crippen LogP contribution in [0.4, 0.5) is 0 Å². The second-order valence-electron chi connectivity index (χ2n) is 5.21. The second kappa shape index (κ2) is 10.6. The number of benzene rings is 2. The minimum atomic E-state index is -0.477. The molecule has 0 aliphatic heterocycles. The normalized spacial score (nSPS) is 10.0. The maximum Gasteiger partial charge on any atom is 0.269 e. The number of hydrogen-bond acceptors (Lipinski definition) is 5. The molecule has 0 spiro atoms. The lowest BCUT2D eigenvalue weighted by Crippen LogP contribution is -2.48. The predicted octanol–water partition coefficient (Wildman–Crippen LogP) is 2.42. The highest BCUT2D eigenvalue weighted by Crippen LogP contribution is 2.23. The summed E-state index contributed by atoms with van der Waals surface area (Å²) in [7, 11) is 1.56. The van der Waals surface area contributed by atoms with Gasteiger partial charge >= 0.3 is 0 Å². The van der Waals surface area contributed by atoms with Crippen LogP contribution in [0.1, 0.15) is 20.7 Å². The predicted molar refractivity (Wildman–Crippen MR) is 109 cm³/mol. The monoisotopic (exact) mass is 451 g/mol. The van der Waals surface area contributed by atoms with E-state index in [1.807, 2.05) is 0 Å². The number of nitrogens with one attached hydrogen (secondary N) is 3. The van der Waals surface area contributed by atoms with Crippen molar-refractivity contribution in [3.05, 3.63) is 64.1 Å². The molecule has 0 saturated carbocycles. The summed E-state index contributed by atoms with van der Waals surface area (Å²) in [6.45, 7) is 0.691. The van der Waals surface area contributed by atoms with Gasteiger partial charge in [0.05, 0.1) is 12.2 Å². The Kier molecular flexibility index (Phi) is 8.18. The molecule has 0 saturated heterocycles. The zero-order valence-corrected chi connectivity index (χ0v) is 16.9. The fourth-order valence-corrected chi connectivity index (χ4v) is 2.52. The highest BCUT2D eigenvalue weighted by Gasteiger charge is 2.15. The number of hydrogen-bond donors (Lipinski definition) is 3. The van der Waals surface area contributed by atoms with Crippen molar-refractivity contribution in [2.75, 3.05) is 20.3 Å². The summed E-state index contributed by atoms with van der Waals surface area (Å²) in [5.41, 5.74) is 5.67. The van der Waals surface area contributed by atoms with Crippen LogP contribution in [0.15, 0.2) is 53.0 Å². The number of ether oxygens (including phenoxy) is 2. The molecule has 0 unspecified atom stereocenters. The van der Waals surface area contributed by atoms with Crippen molar-refractivity contribution in [1.82, 2.24) is 16.2 Å². The van der Waals surface area contributed by atoms with Crippen molar-refractivity contribution >= 4 is 45.1 Å². The van der Waals surface area contributed by atoms with Gasteiger partial charge in [-0.25, -0.2) is 0 Å². The molecular weight excluding hydrogens is 434 g/mol. The van der Waals surface area contributed by atoms with Crippen LogP contribution in [0.2, 0.25) is 0 Å². The molecule has 0 aliphatic carbocycles. The Bertz CT molecular complexity index is 818. The maximum absolute atomic E-state index is 12.5. The minimum absolute atomic E-state index is 0.0490. The van der Waals surface area contributed by atoms with Gasteiger partial charge in [-0.05, 0) is 42.5 Å². The number of carbonyl (C=O) groups excluding carboxylic acids is 2. The van der Waals surface area contributed by atoms with Crippen molar-refractivity contribution in [1.29, 1.82) is 0 Å². The largest absolute Gasteiger partial charge is 0.490 e. The number of amides is 2. The SMILES string of the molecule is COCCOc1ccc(Br)cc1C(=O)NC(=S)NNC(=O)c1ccccc1. The Labute approximate surface area is 170 Å². The van der Waals surface area contributed by atoms with Gasteiger partial charge in [0, 0.05) is 17.1 Å². The first-order valence-electron chi connectivity index (χ1n) is 7.89. The molecule has 0 aromatic heterocycles. The molecule has 2 aromatic rings. The molecule has 0 fully saturated rings. The number of hydrazine groups is 1. The number of carbonyl (C=O) groups is 2. The average Bonchev–Trinajstić information content (AvgIpc) is 2.68. The first kappa shape index (κ1) is 20.8. The summed E-state index contributed by atoms with van der Waals surface area (Å²) in [5.74, 6) is -0.461. The highest BCUT2D eigenvalue weighted by atomic mass is 79.9. The molecule has 9 heteroatoms. The lowest BCUT2D eigenvalue weighted by Gasteiger charge is -2.14. The lowest BCUT2D eigenvalue weighted by molar-refractivity contribution is 0.0933. The van der Waals surface area contributed by atoms with Crippen LogP contribution in [-0.2, 0) is 4.74 Å². The van der Waals surface area contributed by atoms with E-state index in [4.69, 9.17) is 21.7 Å². The van der Waals surface area contributed by atoms with Gasteiger partial charge in [0.15, 0.2) is 5.11 Å². The van der Waals surface area contributed by atoms with E-state index in [0.717, 1.165) is 0 Å². The summed E-state index contributed by atoms with van der Waals surface area (Å²) < 4.78 is 11.2. The smallest absolute Gasteiger partial charge is 0.269 e. The third kappa shape index (κ3) is 6.63. The minimum Gasteiger partial charge on any atom is -0.490 e. The molecular formula is C18H18BrN3O4S. The molecule has 2 aromatic carbocycles. The summed E-state index contributed by atoms with van der Waals surface area (Å²) in [5, 5.41) is 2.45. The molecule has 0 heterocycles. The lowest BCUT2D eigenvalue weighted by atomic mass is 10.2. The Morgan fingerprint density at radius 3 is 2.48 bits per heavy atom. The molecule has 3 N–H and O–H groups in total. The third-order valence-electron chi connectivity index (χ3n) is 3.28. The number of thiocarbonyl (C=S) groups is 1. The van der Waals surface area contributed by atoms with Crippen LogP contribution in [-0.4, -0.2) is 37.3 Å². The van der Waals surface area contributed by atoms with Gasteiger partial charge in [-0.2, -0.15) is 0 Å². The van der Waals surface area contributed by atoms with Crippen LogP contribution < -0.4 is 20.9 Å². The van der Waals surface area contributed by atoms with E-state index in [1.54, 1.807) is 55.6 Å². The van der Waals surface area contributed by atoms with Gasteiger partial charge in [0.25, 0.3) is 11.8 Å². The van der Waals surface area contributed by atoms with Gasteiger partial charge in [-0.1, -0.05) is 34.1 Å². The fraction of sp³-hybridized carbons (Fsp3) is 0.167. The Morgan fingerprint density at radius 1 is 1.04 bits per heavy atom. The zero-order chi connectivity index (χ0) is 19.6. The van der Waals surface area contributed by atoms with E-state index in [0.29, 0.717) is 34.6 Å². The van der Waals surface area contributed by atoms with E-state index in [1.165, 1.54) is 0 Å². The van der Waals surface area contributed by atoms with Crippen molar-refractivity contribution in [3.63, 3.8) is 0 Å². The molecule has 7 nitrogen and oxygen atoms in total. The van der Waals surface area contributed by atoms with Crippen molar-refractivity contribution in [2.24, 2.45) is 0 Å². The van der Waals surface area contributed by atoms with E-state index in [2.05, 4.69) is 32.1 Å². The molecule has 0 bridgehead atoms. The van der Waals surface area contributed by atoms with E-state index in [9.17, 15) is 9.59 Å². The Balaban J connectivity index is 1.94. The van der Waals surface area contributed by atoms with E-state index in [-0.39, 0.29) is 11.0 Å². The molecule has 27 heavy (non-hydrogen) atoms. The fourth-order valence-electron chi connectivity index (χ4n) is 2.02. The maximum atomic E-state index is 12.5. The molecule has 0 atom stereocenters. The van der Waals surface area contributed by atoms with Crippen molar-refractivity contribution in [2.45, 2.75) is 0 Å². The number of methoxy groups -OCH3 is 1. The topological polar surface area (TPSA) is 88.7 Å². The summed E-state index contributed by atoms with van der Waals surface area (Å²) in [4.78, 5) is 24.5. The van der Waals surface area contributed by atoms with Crippen LogP contribution >= 0.6 is 28.1 Å². The third-order valence-corrected chi connectivity index (χ3v) is 3.98. The van der Waals surface area contributed by atoms with Crippen LogP contribution in [0.3, 0.4) is 0 Å². The summed E-state index contributed by atoms with van der Waals surface area (Å²) >= 11 is 8.37. The zero-order valence-electron chi connectivity index (χ0n) is 14.5. The summed E-state index contributed by atoms with van der Waals surface area (Å²) in [6.07, 6.45) is 0. The molecule has 2 amide bonds. The van der Waals surface area contributed by atoms with Crippen molar-refractivity contribution < 1.29 is 19.1 Å². The Hall–Kier alpha value is -2.49. The molecule has 0 aliphatic rings. The van der Waals surface area contributed by atoms with Crippen LogP contribution in [0, 0.1) is 0 Å². The van der Waals surface area contributed by atoms with Crippen molar-refractivity contribution in [3.8, 4) is 5.75 Å². The Morgan fingerprint density at radius 2 is 1.78 bits per heavy atom. The molecule has 142 valence electrons. The number of halogens is 1. The van der Waals surface area contributed by atoms with E-state index >= 15 is 0 Å². The highest BCUT2D eigenvalue weighted by molar-refractivity contribution is 9.10. The average molecular weight is 452 g/mol. The number of rotatable bonds is 6. The van der Waals surface area contributed by atoms with Crippen LogP contribution in [0.5, 0.6) is 5.75 Å². The quantitative estimate of drug-likeness (QED) is 0.355. The molecule has 2 rings (SSSR count). The second-order valence-corrected chi connectivity index (χ2v) is 6.53. The van der Waals surface area contributed by atoms with E-state index < -0.39 is 5.91 Å². The van der Waals surface area contributed by atoms with Gasteiger partial charge in [0.2, 0.25) is 0 Å². The van der Waals surface area contributed by atoms with Gasteiger partial charge in [-0.3, -0.25) is 25.8 Å². The summed E-state index contributed by atoms with van der Waals surface area (Å²) in [6, 6.07) is 13.6. The first-order valence-corrected chi connectivity index (χ1v) is 9.09. The molecule has 0 radical (unpaired) electrons.